The molecule has 2 heterocycles. The summed E-state index contributed by atoms with van der Waals surface area (Å²) in [5.74, 6) is 0.655. The second-order valence-corrected chi connectivity index (χ2v) is 6.11. The Labute approximate surface area is 131 Å². The number of hydrogen-bond donors (Lipinski definition) is 1. The topological polar surface area (TPSA) is 65.8 Å². The fraction of sp³-hybridized carbons (Fsp3) is 0.625. The summed E-state index contributed by atoms with van der Waals surface area (Å²) >= 11 is 0. The largest absolute Gasteiger partial charge is 0.472 e. The zero-order valence-corrected chi connectivity index (χ0v) is 13.4. The van der Waals surface area contributed by atoms with Gasteiger partial charge in [0.25, 0.3) is 5.91 Å². The van der Waals surface area contributed by atoms with Crippen LogP contribution in [0.2, 0.25) is 0 Å². The molecule has 2 amide bonds. The molecule has 6 heteroatoms. The highest BCUT2D eigenvalue weighted by molar-refractivity contribution is 5.93. The molecule has 0 aliphatic carbocycles. The summed E-state index contributed by atoms with van der Waals surface area (Å²) in [5.41, 5.74) is 0.583. The molecule has 0 atom stereocenters. The number of rotatable bonds is 6. The minimum atomic E-state index is -0.00483. The van der Waals surface area contributed by atoms with Gasteiger partial charge in [0, 0.05) is 32.7 Å². The van der Waals surface area contributed by atoms with Crippen molar-refractivity contribution in [2.24, 2.45) is 5.92 Å². The van der Waals surface area contributed by atoms with E-state index >= 15 is 0 Å². The molecule has 6 nitrogen and oxygen atoms in total. The van der Waals surface area contributed by atoms with Crippen LogP contribution in [-0.4, -0.2) is 60.9 Å². The van der Waals surface area contributed by atoms with Crippen molar-refractivity contribution < 1.29 is 14.0 Å². The van der Waals surface area contributed by atoms with Crippen LogP contribution in [0.5, 0.6) is 0 Å². The third-order valence-corrected chi connectivity index (χ3v) is 3.84. The lowest BCUT2D eigenvalue weighted by atomic mass is 10.1. The number of amides is 2. The van der Waals surface area contributed by atoms with Crippen molar-refractivity contribution in [3.8, 4) is 0 Å². The van der Waals surface area contributed by atoms with Crippen molar-refractivity contribution >= 4 is 11.8 Å². The molecule has 1 saturated heterocycles. The summed E-state index contributed by atoms with van der Waals surface area (Å²) < 4.78 is 4.94. The Morgan fingerprint density at radius 2 is 2.00 bits per heavy atom. The molecule has 0 saturated carbocycles. The zero-order valence-electron chi connectivity index (χ0n) is 13.4. The van der Waals surface area contributed by atoms with E-state index in [0.29, 0.717) is 31.1 Å². The minimum Gasteiger partial charge on any atom is -0.472 e. The first kappa shape index (κ1) is 16.5. The normalized spacial score (nSPS) is 16.0. The molecule has 1 aromatic rings. The maximum absolute atomic E-state index is 12.2. The number of nitrogens with zero attached hydrogens (tertiary/aromatic N) is 2. The van der Waals surface area contributed by atoms with Gasteiger partial charge in [0.2, 0.25) is 5.91 Å². The summed E-state index contributed by atoms with van der Waals surface area (Å²) in [7, 11) is 0. The van der Waals surface area contributed by atoms with E-state index in [1.165, 1.54) is 12.5 Å². The van der Waals surface area contributed by atoms with Crippen molar-refractivity contribution in [2.45, 2.75) is 20.3 Å². The Hall–Kier alpha value is -1.82. The molecule has 1 aromatic heterocycles. The van der Waals surface area contributed by atoms with Gasteiger partial charge in [-0.1, -0.05) is 13.8 Å². The van der Waals surface area contributed by atoms with E-state index in [4.69, 9.17) is 4.42 Å². The monoisotopic (exact) mass is 307 g/mol. The molecule has 0 spiro atoms. The molecule has 122 valence electrons. The first-order valence-electron chi connectivity index (χ1n) is 7.87. The summed E-state index contributed by atoms with van der Waals surface area (Å²) in [6.07, 6.45) is 3.97. The Bertz CT molecular complexity index is 477. The predicted molar refractivity (Wildman–Crippen MR) is 83.5 cm³/mol. The zero-order chi connectivity index (χ0) is 15.9. The average Bonchev–Trinajstić information content (AvgIpc) is 3.01. The molecular formula is C16H25N3O3. The molecule has 2 rings (SSSR count). The van der Waals surface area contributed by atoms with Crippen LogP contribution < -0.4 is 5.32 Å². The molecule has 1 fully saturated rings. The van der Waals surface area contributed by atoms with Gasteiger partial charge in [0.1, 0.15) is 6.26 Å². The van der Waals surface area contributed by atoms with Crippen molar-refractivity contribution in [3.63, 3.8) is 0 Å². The van der Waals surface area contributed by atoms with Gasteiger partial charge in [-0.05, 0) is 18.4 Å². The Morgan fingerprint density at radius 1 is 1.27 bits per heavy atom. The van der Waals surface area contributed by atoms with E-state index in [2.05, 4.69) is 24.1 Å². The number of hydrogen-bond acceptors (Lipinski definition) is 4. The van der Waals surface area contributed by atoms with Gasteiger partial charge in [-0.2, -0.15) is 0 Å². The third kappa shape index (κ3) is 4.87. The Balaban J connectivity index is 1.69. The maximum Gasteiger partial charge on any atom is 0.257 e. The van der Waals surface area contributed by atoms with Gasteiger partial charge in [0.05, 0.1) is 18.4 Å². The van der Waals surface area contributed by atoms with Gasteiger partial charge < -0.3 is 14.6 Å². The molecule has 0 unspecified atom stereocenters. The van der Waals surface area contributed by atoms with E-state index < -0.39 is 0 Å². The molecule has 0 aromatic carbocycles. The van der Waals surface area contributed by atoms with Crippen LogP contribution in [0.1, 0.15) is 30.6 Å². The van der Waals surface area contributed by atoms with Gasteiger partial charge in [-0.25, -0.2) is 0 Å². The predicted octanol–water partition coefficient (Wildman–Crippen LogP) is 1.20. The van der Waals surface area contributed by atoms with E-state index in [1.54, 1.807) is 11.0 Å². The third-order valence-electron chi connectivity index (χ3n) is 3.84. The smallest absolute Gasteiger partial charge is 0.257 e. The van der Waals surface area contributed by atoms with Crippen LogP contribution >= 0.6 is 0 Å². The molecule has 0 bridgehead atoms. The molecule has 1 aliphatic heterocycles. The van der Waals surface area contributed by atoms with E-state index in [0.717, 1.165) is 26.1 Å². The van der Waals surface area contributed by atoms with Gasteiger partial charge in [-0.15, -0.1) is 0 Å². The molecule has 1 N–H and O–H groups in total. The number of carbonyl (C=O) groups excluding carboxylic acids is 2. The van der Waals surface area contributed by atoms with Gasteiger partial charge >= 0.3 is 0 Å². The summed E-state index contributed by atoms with van der Waals surface area (Å²) in [5, 5.41) is 2.94. The average molecular weight is 307 g/mol. The quantitative estimate of drug-likeness (QED) is 0.857. The van der Waals surface area contributed by atoms with Crippen molar-refractivity contribution in [1.82, 2.24) is 15.1 Å². The first-order chi connectivity index (χ1) is 10.6. The number of furan rings is 1. The molecule has 1 aliphatic rings. The van der Waals surface area contributed by atoms with Crippen LogP contribution in [0.3, 0.4) is 0 Å². The van der Waals surface area contributed by atoms with Gasteiger partial charge in [0.15, 0.2) is 0 Å². The number of carbonyl (C=O) groups is 2. The minimum absolute atomic E-state index is 0.00483. The Kier molecular flexibility index (Phi) is 6.00. The summed E-state index contributed by atoms with van der Waals surface area (Å²) in [6.45, 7) is 8.15. The Morgan fingerprint density at radius 3 is 2.59 bits per heavy atom. The fourth-order valence-electron chi connectivity index (χ4n) is 2.44. The first-order valence-corrected chi connectivity index (χ1v) is 7.87. The lowest BCUT2D eigenvalue weighted by Crippen LogP contribution is -2.51. The second kappa shape index (κ2) is 7.98. The highest BCUT2D eigenvalue weighted by Crippen LogP contribution is 2.09. The molecule has 0 radical (unpaired) electrons. The van der Waals surface area contributed by atoms with Crippen LogP contribution in [-0.2, 0) is 4.79 Å². The maximum atomic E-state index is 12.2. The van der Waals surface area contributed by atoms with Crippen molar-refractivity contribution in [2.75, 3.05) is 39.3 Å². The lowest BCUT2D eigenvalue weighted by molar-refractivity contribution is -0.122. The van der Waals surface area contributed by atoms with E-state index in [1.807, 2.05) is 0 Å². The molecule has 22 heavy (non-hydrogen) atoms. The SMILES string of the molecule is CC(C)CCNC(=O)CN1CCN(C(=O)c2ccoc2)CC1. The fourth-order valence-corrected chi connectivity index (χ4v) is 2.44. The number of nitrogens with one attached hydrogen (secondary N) is 1. The molecular weight excluding hydrogens is 282 g/mol. The van der Waals surface area contributed by atoms with Crippen LogP contribution in [0.15, 0.2) is 23.0 Å². The van der Waals surface area contributed by atoms with Crippen molar-refractivity contribution in [1.29, 1.82) is 0 Å². The van der Waals surface area contributed by atoms with Crippen LogP contribution in [0.4, 0.5) is 0 Å². The van der Waals surface area contributed by atoms with E-state index in [-0.39, 0.29) is 11.8 Å². The van der Waals surface area contributed by atoms with Crippen LogP contribution in [0.25, 0.3) is 0 Å². The summed E-state index contributed by atoms with van der Waals surface area (Å²) in [4.78, 5) is 27.9. The van der Waals surface area contributed by atoms with Gasteiger partial charge in [-0.3, -0.25) is 14.5 Å². The van der Waals surface area contributed by atoms with E-state index in [9.17, 15) is 9.59 Å². The summed E-state index contributed by atoms with van der Waals surface area (Å²) in [6, 6.07) is 1.68. The lowest BCUT2D eigenvalue weighted by Gasteiger charge is -2.34. The second-order valence-electron chi connectivity index (χ2n) is 6.11. The highest BCUT2D eigenvalue weighted by Gasteiger charge is 2.23. The standard InChI is InChI=1S/C16H25N3O3/c1-13(2)3-5-17-15(20)11-18-6-8-19(9-7-18)16(21)14-4-10-22-12-14/h4,10,12-13H,3,5-9,11H2,1-2H3,(H,17,20). The number of piperazine rings is 1. The van der Waals surface area contributed by atoms with Crippen molar-refractivity contribution in [3.05, 3.63) is 24.2 Å². The highest BCUT2D eigenvalue weighted by atomic mass is 16.3. The van der Waals surface area contributed by atoms with Crippen LogP contribution in [0, 0.1) is 5.92 Å².